The number of guanidine groups is 1. The fourth-order valence-electron chi connectivity index (χ4n) is 8.44. The van der Waals surface area contributed by atoms with E-state index in [9.17, 15) is 19.2 Å². The van der Waals surface area contributed by atoms with Crippen molar-refractivity contribution in [1.82, 2.24) is 20.4 Å². The first-order chi connectivity index (χ1) is 23.0. The van der Waals surface area contributed by atoms with E-state index in [-0.39, 0.29) is 24.3 Å². The molecule has 7 N–H and O–H groups in total. The Bertz CT molecular complexity index is 1530. The number of hydrogen-bond donors (Lipinski definition) is 5. The molecule has 2 saturated heterocycles. The second-order valence-electron chi connectivity index (χ2n) is 13.3. The van der Waals surface area contributed by atoms with Gasteiger partial charge >= 0.3 is 12.1 Å². The Hall–Kier alpha value is -4.53. The summed E-state index contributed by atoms with van der Waals surface area (Å²) in [7, 11) is 3.81. The Morgan fingerprint density at radius 3 is 2.77 bits per heavy atom. The molecule has 5 aliphatic rings. The number of hydrogen-bond acceptors (Lipinski definition) is 9. The van der Waals surface area contributed by atoms with Crippen LogP contribution in [0.1, 0.15) is 62.5 Å². The standard InChI is InChI=1S/C33H45N7O8/c1-39-15-12-33-19-9-11-23(29(33)48-28-22(46-2)10-8-18(27(28)33)16-21(19)39)47-32(45)40-14-4-3-7-24(40)38-30(44)20(6-5-13-36-31(34)35)37-25(41)17-26(42)43/h8,10-11,19-21,24,29H,3-7,9,12-17H2,1-2H3,(H,37,41)(H,38,44)(H,42,43)(H4,34,35,36)/t19-,20-,21+,24?,29-,33-/m0/s1. The second-order valence-corrected chi connectivity index (χ2v) is 13.3. The van der Waals surface area contributed by atoms with E-state index in [0.717, 1.165) is 44.4 Å². The number of ether oxygens (including phenoxy) is 3. The summed E-state index contributed by atoms with van der Waals surface area (Å²) in [6, 6.07) is 3.38. The molecule has 260 valence electrons. The zero-order valence-electron chi connectivity index (χ0n) is 27.4. The topological polar surface area (TPSA) is 211 Å². The number of benzene rings is 1. The number of amides is 3. The number of aliphatic carboxylic acids is 1. The second kappa shape index (κ2) is 13.5. The molecule has 1 aromatic carbocycles. The molecule has 2 fully saturated rings. The van der Waals surface area contributed by atoms with Gasteiger partial charge in [-0.3, -0.25) is 24.3 Å². The van der Waals surface area contributed by atoms with Gasteiger partial charge in [0.25, 0.3) is 0 Å². The molecule has 6 rings (SSSR count). The van der Waals surface area contributed by atoms with Gasteiger partial charge < -0.3 is 46.3 Å². The van der Waals surface area contributed by atoms with Gasteiger partial charge in [0.1, 0.15) is 24.4 Å². The first kappa shape index (κ1) is 33.4. The predicted molar refractivity (Wildman–Crippen MR) is 173 cm³/mol. The molecule has 3 amide bonds. The molecule has 1 spiro atoms. The van der Waals surface area contributed by atoms with E-state index in [1.165, 1.54) is 16.0 Å². The monoisotopic (exact) mass is 667 g/mol. The van der Waals surface area contributed by atoms with Gasteiger partial charge in [0.2, 0.25) is 11.8 Å². The van der Waals surface area contributed by atoms with Crippen molar-refractivity contribution < 1.29 is 38.5 Å². The third-order valence-electron chi connectivity index (χ3n) is 10.6. The Morgan fingerprint density at radius 2 is 2.02 bits per heavy atom. The fourth-order valence-corrected chi connectivity index (χ4v) is 8.44. The Kier molecular flexibility index (Phi) is 9.41. The van der Waals surface area contributed by atoms with E-state index in [4.69, 9.17) is 30.8 Å². The molecular weight excluding hydrogens is 622 g/mol. The fraction of sp³-hybridized carbons (Fsp3) is 0.606. The molecule has 2 bridgehead atoms. The Labute approximate surface area is 279 Å². The minimum atomic E-state index is -1.32. The number of piperidine rings is 2. The van der Waals surface area contributed by atoms with Crippen molar-refractivity contribution in [2.45, 2.75) is 87.6 Å². The lowest BCUT2D eigenvalue weighted by Crippen LogP contribution is -2.63. The van der Waals surface area contributed by atoms with Crippen molar-refractivity contribution in [2.75, 3.05) is 33.8 Å². The quantitative estimate of drug-likeness (QED) is 0.0970. The number of likely N-dealkylation sites (tertiary alicyclic amines) is 2. The van der Waals surface area contributed by atoms with Crippen LogP contribution in [0.4, 0.5) is 4.79 Å². The highest BCUT2D eigenvalue weighted by Gasteiger charge is 2.65. The van der Waals surface area contributed by atoms with Crippen molar-refractivity contribution in [3.05, 3.63) is 35.1 Å². The van der Waals surface area contributed by atoms with Crippen molar-refractivity contribution in [1.29, 1.82) is 0 Å². The van der Waals surface area contributed by atoms with Crippen LogP contribution in [0.5, 0.6) is 11.5 Å². The van der Waals surface area contributed by atoms with Crippen LogP contribution >= 0.6 is 0 Å². The minimum absolute atomic E-state index is 0.101. The zero-order chi connectivity index (χ0) is 34.2. The van der Waals surface area contributed by atoms with E-state index >= 15 is 0 Å². The van der Waals surface area contributed by atoms with E-state index < -0.39 is 48.6 Å². The molecule has 1 aromatic rings. The van der Waals surface area contributed by atoms with Crippen LogP contribution in [-0.4, -0.2) is 103 Å². The maximum Gasteiger partial charge on any atom is 0.416 e. The van der Waals surface area contributed by atoms with Crippen LogP contribution in [0.3, 0.4) is 0 Å². The largest absolute Gasteiger partial charge is 0.493 e. The van der Waals surface area contributed by atoms with Crippen LogP contribution in [0.25, 0.3) is 0 Å². The number of carbonyl (C=O) groups excluding carboxylic acids is 3. The summed E-state index contributed by atoms with van der Waals surface area (Å²) < 4.78 is 18.6. The molecule has 48 heavy (non-hydrogen) atoms. The maximum absolute atomic E-state index is 13.9. The molecule has 15 heteroatoms. The predicted octanol–water partition coefficient (Wildman–Crippen LogP) is 0.936. The van der Waals surface area contributed by atoms with Crippen LogP contribution in [-0.2, 0) is 31.0 Å². The molecule has 0 aromatic heterocycles. The lowest BCUT2D eigenvalue weighted by atomic mass is 9.53. The molecule has 3 aliphatic heterocycles. The highest BCUT2D eigenvalue weighted by molar-refractivity contribution is 5.96. The van der Waals surface area contributed by atoms with Gasteiger partial charge in [-0.15, -0.1) is 0 Å². The van der Waals surface area contributed by atoms with Crippen molar-refractivity contribution >= 4 is 29.8 Å². The number of allylic oxidation sites excluding steroid dienone is 1. The molecule has 3 heterocycles. The highest BCUT2D eigenvalue weighted by Crippen LogP contribution is 2.63. The van der Waals surface area contributed by atoms with Crippen LogP contribution < -0.4 is 31.6 Å². The van der Waals surface area contributed by atoms with Gasteiger partial charge in [-0.05, 0) is 88.6 Å². The summed E-state index contributed by atoms with van der Waals surface area (Å²) in [4.78, 5) is 58.6. The van der Waals surface area contributed by atoms with Crippen LogP contribution in [0.2, 0.25) is 0 Å². The average Bonchev–Trinajstić information content (AvgIpc) is 3.40. The van der Waals surface area contributed by atoms with Crippen molar-refractivity contribution in [2.24, 2.45) is 22.4 Å². The average molecular weight is 668 g/mol. The number of nitrogens with one attached hydrogen (secondary N) is 2. The summed E-state index contributed by atoms with van der Waals surface area (Å²) in [6.07, 6.45) is 4.44. The van der Waals surface area contributed by atoms with E-state index in [1.807, 2.05) is 12.1 Å². The van der Waals surface area contributed by atoms with Crippen LogP contribution in [0.15, 0.2) is 29.0 Å². The number of nitrogens with zero attached hydrogens (tertiary/aromatic N) is 3. The number of likely N-dealkylation sites (N-methyl/N-ethyl adjacent to an activating group) is 1. The zero-order valence-corrected chi connectivity index (χ0v) is 27.4. The normalized spacial score (nSPS) is 27.4. The molecule has 2 aliphatic carbocycles. The summed E-state index contributed by atoms with van der Waals surface area (Å²) in [5.74, 6) is -0.595. The molecule has 15 nitrogen and oxygen atoms in total. The van der Waals surface area contributed by atoms with Gasteiger partial charge in [0.15, 0.2) is 23.6 Å². The van der Waals surface area contributed by atoms with Gasteiger partial charge in [-0.25, -0.2) is 4.79 Å². The van der Waals surface area contributed by atoms with Crippen LogP contribution in [0, 0.1) is 5.92 Å². The maximum atomic E-state index is 13.9. The van der Waals surface area contributed by atoms with Gasteiger partial charge in [-0.1, -0.05) is 6.07 Å². The summed E-state index contributed by atoms with van der Waals surface area (Å²) >= 11 is 0. The number of carboxylic acid groups (broad SMARTS) is 1. The van der Waals surface area contributed by atoms with E-state index in [2.05, 4.69) is 33.6 Å². The summed E-state index contributed by atoms with van der Waals surface area (Å²) in [6.45, 7) is 1.48. The number of nitrogens with two attached hydrogens (primary N) is 2. The Morgan fingerprint density at radius 1 is 1.21 bits per heavy atom. The smallest absolute Gasteiger partial charge is 0.416 e. The molecule has 6 atom stereocenters. The number of carbonyl (C=O) groups is 4. The van der Waals surface area contributed by atoms with E-state index in [1.54, 1.807) is 7.11 Å². The highest BCUT2D eigenvalue weighted by atomic mass is 16.6. The van der Waals surface area contributed by atoms with Crippen molar-refractivity contribution in [3.63, 3.8) is 0 Å². The lowest BCUT2D eigenvalue weighted by molar-refractivity contribution is -0.142. The molecular formula is C33H45N7O8. The Balaban J connectivity index is 1.19. The van der Waals surface area contributed by atoms with E-state index in [0.29, 0.717) is 42.9 Å². The molecule has 0 radical (unpaired) electrons. The van der Waals surface area contributed by atoms with Gasteiger partial charge in [0, 0.05) is 30.1 Å². The molecule has 1 unspecified atom stereocenters. The van der Waals surface area contributed by atoms with Gasteiger partial charge in [-0.2, -0.15) is 0 Å². The third kappa shape index (κ3) is 6.11. The summed E-state index contributed by atoms with van der Waals surface area (Å²) in [5.41, 5.74) is 12.9. The minimum Gasteiger partial charge on any atom is -0.493 e. The first-order valence-electron chi connectivity index (χ1n) is 16.7. The van der Waals surface area contributed by atoms with Crippen molar-refractivity contribution in [3.8, 4) is 11.5 Å². The number of rotatable bonds is 11. The third-order valence-corrected chi connectivity index (χ3v) is 10.6. The first-order valence-corrected chi connectivity index (χ1v) is 16.7. The number of aliphatic imine (C=N–C) groups is 1. The number of methoxy groups -OCH3 is 1. The molecule has 0 saturated carbocycles. The van der Waals surface area contributed by atoms with Gasteiger partial charge in [0.05, 0.1) is 7.11 Å². The number of carboxylic acids is 1. The lowest BCUT2D eigenvalue weighted by Gasteiger charge is -2.56. The SMILES string of the molecule is COc1ccc2c3c1O[C@H]1C(OC(=O)N4CCCCC4NC(=O)[C@H](CCCN=C(N)N)NC(=O)CC(=O)O)=CC[C@H]4[C@@H](C2)N(C)CC[C@]314. The summed E-state index contributed by atoms with van der Waals surface area (Å²) in [5, 5.41) is 14.4.